The molecule has 3 rings (SSSR count). The van der Waals surface area contributed by atoms with Gasteiger partial charge >= 0.3 is 0 Å². The van der Waals surface area contributed by atoms with Gasteiger partial charge in [-0.3, -0.25) is 4.79 Å². The van der Waals surface area contributed by atoms with E-state index in [2.05, 4.69) is 10.3 Å². The maximum Gasteiger partial charge on any atom is 0.273 e. The summed E-state index contributed by atoms with van der Waals surface area (Å²) >= 11 is 1.39. The minimum absolute atomic E-state index is 0.195. The van der Waals surface area contributed by atoms with Gasteiger partial charge in [0.25, 0.3) is 5.19 Å². The zero-order chi connectivity index (χ0) is 18.0. The summed E-state index contributed by atoms with van der Waals surface area (Å²) in [6.45, 7) is 3.84. The predicted molar refractivity (Wildman–Crippen MR) is 95.4 cm³/mol. The van der Waals surface area contributed by atoms with Gasteiger partial charge in [0.05, 0.1) is 11.4 Å². The average molecular weight is 381 g/mol. The van der Waals surface area contributed by atoms with Crippen molar-refractivity contribution in [1.82, 2.24) is 9.29 Å². The number of carbonyl (C=O) groups excluding carboxylic acids is 1. The molecular weight excluding hydrogens is 362 g/mol. The summed E-state index contributed by atoms with van der Waals surface area (Å²) in [7, 11) is -3.60. The Morgan fingerprint density at radius 3 is 2.88 bits per heavy atom. The first kappa shape index (κ1) is 17.8. The molecule has 0 bridgehead atoms. The smallest absolute Gasteiger partial charge is 0.273 e. The van der Waals surface area contributed by atoms with Gasteiger partial charge < -0.3 is 10.1 Å². The number of aryl methyl sites for hydroxylation is 1. The summed E-state index contributed by atoms with van der Waals surface area (Å²) in [5.74, 6) is -0.197. The highest BCUT2D eigenvalue weighted by atomic mass is 32.2. The van der Waals surface area contributed by atoms with Crippen molar-refractivity contribution in [3.8, 4) is 5.19 Å². The molecule has 1 unspecified atom stereocenters. The van der Waals surface area contributed by atoms with E-state index in [1.807, 2.05) is 5.38 Å². The first-order chi connectivity index (χ1) is 11.9. The molecule has 0 saturated carbocycles. The van der Waals surface area contributed by atoms with Gasteiger partial charge in [0, 0.05) is 30.7 Å². The number of nitrogens with one attached hydrogen (secondary N) is 1. The number of rotatable bonds is 5. The van der Waals surface area contributed by atoms with E-state index in [0.717, 1.165) is 0 Å². The molecule has 0 spiro atoms. The SMILES string of the molecule is CC(=O)Nc1ccc(S(=O)(=O)N2CCC(Oc3nccs3)C2)c(C)c1. The van der Waals surface area contributed by atoms with Crippen LogP contribution in [0.1, 0.15) is 18.9 Å². The molecule has 1 amide bonds. The minimum Gasteiger partial charge on any atom is -0.465 e. The summed E-state index contributed by atoms with van der Waals surface area (Å²) in [5.41, 5.74) is 1.17. The van der Waals surface area contributed by atoms with Crippen molar-refractivity contribution < 1.29 is 17.9 Å². The highest BCUT2D eigenvalue weighted by Crippen LogP contribution is 2.27. The lowest BCUT2D eigenvalue weighted by molar-refractivity contribution is -0.114. The first-order valence-electron chi connectivity index (χ1n) is 7.81. The van der Waals surface area contributed by atoms with E-state index in [-0.39, 0.29) is 16.9 Å². The van der Waals surface area contributed by atoms with Crippen molar-refractivity contribution in [3.05, 3.63) is 35.3 Å². The van der Waals surface area contributed by atoms with Gasteiger partial charge in [0.2, 0.25) is 15.9 Å². The minimum atomic E-state index is -3.60. The number of aromatic nitrogens is 1. The molecule has 9 heteroatoms. The fourth-order valence-corrected chi connectivity index (χ4v) is 5.03. The topological polar surface area (TPSA) is 88.6 Å². The number of amides is 1. The number of thiazole rings is 1. The zero-order valence-electron chi connectivity index (χ0n) is 13.9. The Morgan fingerprint density at radius 1 is 1.44 bits per heavy atom. The second-order valence-electron chi connectivity index (χ2n) is 5.85. The fraction of sp³-hybridized carbons (Fsp3) is 0.375. The standard InChI is InChI=1S/C16H19N3O4S2/c1-11-9-13(18-12(2)20)3-4-15(11)25(21,22)19-7-5-14(10-19)23-16-17-6-8-24-16/h3-4,6,8-9,14H,5,7,10H2,1-2H3,(H,18,20). The number of benzene rings is 1. The van der Waals surface area contributed by atoms with Crippen LogP contribution in [0, 0.1) is 6.92 Å². The summed E-state index contributed by atoms with van der Waals surface area (Å²) in [6.07, 6.45) is 2.09. The van der Waals surface area contributed by atoms with E-state index in [9.17, 15) is 13.2 Å². The largest absolute Gasteiger partial charge is 0.465 e. The van der Waals surface area contributed by atoms with Crippen molar-refractivity contribution in [1.29, 1.82) is 0 Å². The number of sulfonamides is 1. The van der Waals surface area contributed by atoms with Crippen LogP contribution in [0.5, 0.6) is 5.19 Å². The third-order valence-corrected chi connectivity index (χ3v) is 6.58. The molecule has 1 N–H and O–H groups in total. The van der Waals surface area contributed by atoms with Crippen molar-refractivity contribution in [2.45, 2.75) is 31.3 Å². The first-order valence-corrected chi connectivity index (χ1v) is 10.1. The molecule has 1 saturated heterocycles. The van der Waals surface area contributed by atoms with Crippen LogP contribution in [0.15, 0.2) is 34.7 Å². The monoisotopic (exact) mass is 381 g/mol. The highest BCUT2D eigenvalue weighted by molar-refractivity contribution is 7.89. The lowest BCUT2D eigenvalue weighted by Crippen LogP contribution is -2.31. The zero-order valence-corrected chi connectivity index (χ0v) is 15.6. The van der Waals surface area contributed by atoms with Gasteiger partial charge in [-0.25, -0.2) is 13.4 Å². The molecule has 1 aliphatic rings. The van der Waals surface area contributed by atoms with Crippen LogP contribution in [0.3, 0.4) is 0 Å². The van der Waals surface area contributed by atoms with Crippen LogP contribution < -0.4 is 10.1 Å². The van der Waals surface area contributed by atoms with Gasteiger partial charge in [-0.15, -0.1) is 0 Å². The van der Waals surface area contributed by atoms with Crippen molar-refractivity contribution in [3.63, 3.8) is 0 Å². The molecule has 1 atom stereocenters. The molecule has 7 nitrogen and oxygen atoms in total. The summed E-state index contributed by atoms with van der Waals surface area (Å²) in [4.78, 5) is 15.4. The third-order valence-electron chi connectivity index (χ3n) is 3.90. The molecule has 2 aromatic rings. The molecule has 1 aliphatic heterocycles. The molecule has 2 heterocycles. The predicted octanol–water partition coefficient (Wildman–Crippen LogP) is 2.25. The molecule has 25 heavy (non-hydrogen) atoms. The Labute approximate surface area is 150 Å². The number of nitrogens with zero attached hydrogens (tertiary/aromatic N) is 2. The highest BCUT2D eigenvalue weighted by Gasteiger charge is 2.34. The molecule has 0 radical (unpaired) electrons. The average Bonchev–Trinajstić information content (AvgIpc) is 3.19. The number of hydrogen-bond acceptors (Lipinski definition) is 6. The summed E-state index contributed by atoms with van der Waals surface area (Å²) in [6, 6.07) is 4.79. The summed E-state index contributed by atoms with van der Waals surface area (Å²) < 4.78 is 33.0. The van der Waals surface area contributed by atoms with E-state index in [0.29, 0.717) is 36.0 Å². The van der Waals surface area contributed by atoms with E-state index < -0.39 is 10.0 Å². The maximum absolute atomic E-state index is 12.9. The van der Waals surface area contributed by atoms with Crippen molar-refractivity contribution in [2.75, 3.05) is 18.4 Å². The van der Waals surface area contributed by atoms with Crippen LogP contribution in [-0.2, 0) is 14.8 Å². The second kappa shape index (κ2) is 7.11. The molecular formula is C16H19N3O4S2. The van der Waals surface area contributed by atoms with E-state index in [4.69, 9.17) is 4.74 Å². The number of hydrogen-bond donors (Lipinski definition) is 1. The van der Waals surface area contributed by atoms with Gasteiger partial charge in [-0.1, -0.05) is 11.3 Å². The molecule has 1 aromatic heterocycles. The van der Waals surface area contributed by atoms with Crippen LogP contribution in [0.2, 0.25) is 0 Å². The maximum atomic E-state index is 12.9. The van der Waals surface area contributed by atoms with Crippen molar-refractivity contribution in [2.24, 2.45) is 0 Å². The normalized spacial score (nSPS) is 18.2. The van der Waals surface area contributed by atoms with Gasteiger partial charge in [-0.05, 0) is 37.1 Å². The van der Waals surface area contributed by atoms with Crippen molar-refractivity contribution >= 4 is 33.0 Å². The molecule has 1 aromatic carbocycles. The lowest BCUT2D eigenvalue weighted by atomic mass is 10.2. The van der Waals surface area contributed by atoms with Crippen LogP contribution >= 0.6 is 11.3 Å². The molecule has 134 valence electrons. The van der Waals surface area contributed by atoms with Gasteiger partial charge in [0.15, 0.2) is 0 Å². The molecule has 1 fully saturated rings. The van der Waals surface area contributed by atoms with Crippen LogP contribution in [0.25, 0.3) is 0 Å². The molecule has 0 aliphatic carbocycles. The Balaban J connectivity index is 1.74. The van der Waals surface area contributed by atoms with Gasteiger partial charge in [-0.2, -0.15) is 4.31 Å². The Hall–Kier alpha value is -1.97. The van der Waals surface area contributed by atoms with E-state index >= 15 is 0 Å². The van der Waals surface area contributed by atoms with E-state index in [1.54, 1.807) is 25.3 Å². The number of anilines is 1. The number of carbonyl (C=O) groups is 1. The lowest BCUT2D eigenvalue weighted by Gasteiger charge is -2.18. The van der Waals surface area contributed by atoms with E-state index in [1.165, 1.54) is 28.6 Å². The second-order valence-corrected chi connectivity index (χ2v) is 8.61. The van der Waals surface area contributed by atoms with Gasteiger partial charge in [0.1, 0.15) is 6.10 Å². The Kier molecular flexibility index (Phi) is 5.07. The fourth-order valence-electron chi connectivity index (χ4n) is 2.78. The summed E-state index contributed by atoms with van der Waals surface area (Å²) in [5, 5.41) is 5.03. The third kappa shape index (κ3) is 4.00. The Morgan fingerprint density at radius 2 is 2.24 bits per heavy atom. The quantitative estimate of drug-likeness (QED) is 0.858. The Bertz CT molecular complexity index is 866. The van der Waals surface area contributed by atoms with Crippen LogP contribution in [0.4, 0.5) is 5.69 Å². The number of ether oxygens (including phenoxy) is 1. The van der Waals surface area contributed by atoms with Crippen LogP contribution in [-0.4, -0.2) is 42.8 Å².